The molecule has 6 nitrogen and oxygen atoms in total. The monoisotopic (exact) mass is 385 g/mol. The van der Waals surface area contributed by atoms with Crippen LogP contribution in [0.5, 0.6) is 5.75 Å². The first-order valence-corrected chi connectivity index (χ1v) is 9.67. The quantitative estimate of drug-likeness (QED) is 0.677. The van der Waals surface area contributed by atoms with E-state index in [1.165, 1.54) is 5.69 Å². The Bertz CT molecular complexity index is 890. The first-order valence-electron chi connectivity index (χ1n) is 9.30. The van der Waals surface area contributed by atoms with Crippen LogP contribution in [0, 0.1) is 0 Å². The summed E-state index contributed by atoms with van der Waals surface area (Å²) in [5, 5.41) is 12.6. The van der Waals surface area contributed by atoms with E-state index in [0.29, 0.717) is 17.5 Å². The Hall–Kier alpha value is -2.31. The molecule has 1 aromatic carbocycles. The highest BCUT2D eigenvalue weighted by Gasteiger charge is 2.26. The van der Waals surface area contributed by atoms with E-state index in [1.54, 1.807) is 0 Å². The van der Waals surface area contributed by atoms with Crippen LogP contribution in [0.4, 0.5) is 0 Å². The average Bonchev–Trinajstić information content (AvgIpc) is 3.39. The van der Waals surface area contributed by atoms with Gasteiger partial charge in [-0.1, -0.05) is 23.7 Å². The van der Waals surface area contributed by atoms with Crippen molar-refractivity contribution in [2.24, 2.45) is 7.05 Å². The van der Waals surface area contributed by atoms with E-state index in [1.807, 2.05) is 42.2 Å². The minimum Gasteiger partial charge on any atom is -0.492 e. The summed E-state index contributed by atoms with van der Waals surface area (Å²) >= 11 is 6.12. The molecule has 2 aromatic heterocycles. The maximum Gasteiger partial charge on any atom is 0.137 e. The number of halogens is 1. The van der Waals surface area contributed by atoms with Gasteiger partial charge in [0.1, 0.15) is 5.75 Å². The van der Waals surface area contributed by atoms with Crippen molar-refractivity contribution in [1.82, 2.24) is 24.9 Å². The van der Waals surface area contributed by atoms with Gasteiger partial charge in [-0.05, 0) is 37.2 Å². The summed E-state index contributed by atoms with van der Waals surface area (Å²) < 4.78 is 7.71. The summed E-state index contributed by atoms with van der Waals surface area (Å²) in [6.07, 6.45) is 3.77. The number of H-pyrrole nitrogens is 1. The second-order valence-electron chi connectivity index (χ2n) is 7.01. The Balaban J connectivity index is 1.28. The topological polar surface area (TPSA) is 59.0 Å². The van der Waals surface area contributed by atoms with Crippen molar-refractivity contribution in [2.45, 2.75) is 25.3 Å². The number of likely N-dealkylation sites (tertiary alicyclic amines) is 1. The lowest BCUT2D eigenvalue weighted by atomic mass is 10.0. The number of nitrogens with zero attached hydrogens (tertiary/aromatic N) is 4. The highest BCUT2D eigenvalue weighted by atomic mass is 35.5. The van der Waals surface area contributed by atoms with Crippen molar-refractivity contribution < 1.29 is 4.74 Å². The Morgan fingerprint density at radius 2 is 2.19 bits per heavy atom. The van der Waals surface area contributed by atoms with E-state index in [2.05, 4.69) is 32.3 Å². The highest BCUT2D eigenvalue weighted by molar-refractivity contribution is 6.32. The van der Waals surface area contributed by atoms with Gasteiger partial charge < -0.3 is 4.74 Å². The predicted octanol–water partition coefficient (Wildman–Crippen LogP) is 3.41. The van der Waals surface area contributed by atoms with Crippen LogP contribution in [0.25, 0.3) is 0 Å². The third-order valence-electron chi connectivity index (χ3n) is 5.12. The molecule has 0 radical (unpaired) electrons. The fraction of sp³-hybridized carbons (Fsp3) is 0.400. The maximum atomic E-state index is 6.12. The number of ether oxygens (including phenoxy) is 1. The van der Waals surface area contributed by atoms with Crippen LogP contribution in [-0.2, 0) is 20.0 Å². The van der Waals surface area contributed by atoms with Crippen molar-refractivity contribution in [3.8, 4) is 5.75 Å². The molecule has 7 heteroatoms. The van der Waals surface area contributed by atoms with Crippen molar-refractivity contribution in [1.29, 1.82) is 0 Å². The Labute approximate surface area is 164 Å². The van der Waals surface area contributed by atoms with Gasteiger partial charge in [0, 0.05) is 44.4 Å². The van der Waals surface area contributed by atoms with Crippen LogP contribution in [0.1, 0.15) is 29.4 Å². The second kappa shape index (κ2) is 8.15. The normalized spacial score (nSPS) is 17.5. The number of aryl methyl sites for hydroxylation is 1. The zero-order valence-electron chi connectivity index (χ0n) is 15.4. The first-order chi connectivity index (χ1) is 13.2. The molecule has 1 fully saturated rings. The lowest BCUT2D eigenvalue weighted by Gasteiger charge is -2.15. The predicted molar refractivity (Wildman–Crippen MR) is 105 cm³/mol. The summed E-state index contributed by atoms with van der Waals surface area (Å²) in [6.45, 7) is 3.64. The van der Waals surface area contributed by atoms with E-state index in [0.717, 1.165) is 49.6 Å². The van der Waals surface area contributed by atoms with Gasteiger partial charge in [-0.15, -0.1) is 0 Å². The zero-order chi connectivity index (χ0) is 18.6. The smallest absolute Gasteiger partial charge is 0.137 e. The molecule has 1 unspecified atom stereocenters. The van der Waals surface area contributed by atoms with Crippen LogP contribution in [-0.4, -0.2) is 44.6 Å². The van der Waals surface area contributed by atoms with Gasteiger partial charge in [0.2, 0.25) is 0 Å². The zero-order valence-corrected chi connectivity index (χ0v) is 16.2. The van der Waals surface area contributed by atoms with Gasteiger partial charge in [-0.3, -0.25) is 14.7 Å². The van der Waals surface area contributed by atoms with Gasteiger partial charge >= 0.3 is 0 Å². The molecule has 0 saturated carbocycles. The van der Waals surface area contributed by atoms with E-state index in [9.17, 15) is 0 Å². The first kappa shape index (κ1) is 18.1. The third kappa shape index (κ3) is 4.34. The fourth-order valence-electron chi connectivity index (χ4n) is 3.55. The Kier molecular flexibility index (Phi) is 5.45. The van der Waals surface area contributed by atoms with E-state index >= 15 is 0 Å². The molecule has 142 valence electrons. The second-order valence-corrected chi connectivity index (χ2v) is 7.42. The number of aromatic amines is 1. The van der Waals surface area contributed by atoms with Crippen molar-refractivity contribution in [3.63, 3.8) is 0 Å². The molecule has 0 bridgehead atoms. The number of aromatic nitrogens is 4. The SMILES string of the molecule is Cn1nccc1CN1CCC(c2cc(CCOc3ccccc3Cl)[nH]n2)C1. The van der Waals surface area contributed by atoms with Crippen LogP contribution in [0.2, 0.25) is 5.02 Å². The molecule has 0 aliphatic carbocycles. The standard InChI is InChI=1S/C20H24ClN5O/c1-25-17(6-9-22-25)14-26-10-7-15(13-26)19-12-16(23-24-19)8-11-27-20-5-3-2-4-18(20)21/h2-6,9,12,15H,7-8,10-11,13-14H2,1H3,(H,23,24). The molecule has 1 saturated heterocycles. The molecular weight excluding hydrogens is 362 g/mol. The third-order valence-corrected chi connectivity index (χ3v) is 5.43. The van der Waals surface area contributed by atoms with Crippen molar-refractivity contribution in [3.05, 3.63) is 64.7 Å². The summed E-state index contributed by atoms with van der Waals surface area (Å²) in [5.74, 6) is 1.20. The van der Waals surface area contributed by atoms with Crippen molar-refractivity contribution >= 4 is 11.6 Å². The molecule has 1 aliphatic rings. The molecule has 4 rings (SSSR count). The summed E-state index contributed by atoms with van der Waals surface area (Å²) in [5.41, 5.74) is 3.49. The lowest BCUT2D eigenvalue weighted by molar-refractivity contribution is 0.316. The van der Waals surface area contributed by atoms with Gasteiger partial charge in [0.25, 0.3) is 0 Å². The Morgan fingerprint density at radius 1 is 1.30 bits per heavy atom. The number of nitrogens with one attached hydrogen (secondary N) is 1. The van der Waals surface area contributed by atoms with Crippen LogP contribution in [0.3, 0.4) is 0 Å². The summed E-state index contributed by atoms with van der Waals surface area (Å²) in [6, 6.07) is 11.8. The molecule has 27 heavy (non-hydrogen) atoms. The maximum absolute atomic E-state index is 6.12. The van der Waals surface area contributed by atoms with Gasteiger partial charge in [-0.2, -0.15) is 10.2 Å². The molecule has 3 aromatic rings. The lowest BCUT2D eigenvalue weighted by Crippen LogP contribution is -2.21. The average molecular weight is 386 g/mol. The van der Waals surface area contributed by atoms with Crippen LogP contribution >= 0.6 is 11.6 Å². The number of hydrogen-bond donors (Lipinski definition) is 1. The molecule has 0 spiro atoms. The Morgan fingerprint density at radius 3 is 3.00 bits per heavy atom. The minimum absolute atomic E-state index is 0.479. The molecule has 3 heterocycles. The highest BCUT2D eigenvalue weighted by Crippen LogP contribution is 2.27. The number of hydrogen-bond acceptors (Lipinski definition) is 4. The van der Waals surface area contributed by atoms with Gasteiger partial charge in [0.05, 0.1) is 23.0 Å². The van der Waals surface area contributed by atoms with E-state index < -0.39 is 0 Å². The van der Waals surface area contributed by atoms with Gasteiger partial charge in [0.15, 0.2) is 0 Å². The largest absolute Gasteiger partial charge is 0.492 e. The van der Waals surface area contributed by atoms with Crippen molar-refractivity contribution in [2.75, 3.05) is 19.7 Å². The number of benzene rings is 1. The molecule has 1 atom stereocenters. The minimum atomic E-state index is 0.479. The molecule has 0 amide bonds. The number of para-hydroxylation sites is 1. The van der Waals surface area contributed by atoms with Crippen LogP contribution in [0.15, 0.2) is 42.6 Å². The fourth-order valence-corrected chi connectivity index (χ4v) is 3.74. The molecule has 1 N–H and O–H groups in total. The molecule has 1 aliphatic heterocycles. The number of rotatable bonds is 7. The molecular formula is C20H24ClN5O. The van der Waals surface area contributed by atoms with Crippen LogP contribution < -0.4 is 4.74 Å². The summed E-state index contributed by atoms with van der Waals surface area (Å²) in [7, 11) is 1.99. The van der Waals surface area contributed by atoms with E-state index in [4.69, 9.17) is 16.3 Å². The van der Waals surface area contributed by atoms with E-state index in [-0.39, 0.29) is 0 Å². The summed E-state index contributed by atoms with van der Waals surface area (Å²) in [4.78, 5) is 2.47. The van der Waals surface area contributed by atoms with Gasteiger partial charge in [-0.25, -0.2) is 0 Å².